The van der Waals surface area contributed by atoms with Crippen LogP contribution in [0, 0.1) is 10.8 Å². The molecule has 1 aromatic carbocycles. The SMILES string of the molecule is N=C(N)NCCCCCC(=O)NCCOc1cc(CS)c(CS)cc1OCCNC(=O)CCCCCNC(=N)N. The highest BCUT2D eigenvalue weighted by Crippen LogP contribution is 2.32. The number of hydrogen-bond acceptors (Lipinski definition) is 8. The van der Waals surface area contributed by atoms with Crippen molar-refractivity contribution < 1.29 is 19.1 Å². The van der Waals surface area contributed by atoms with Crippen molar-refractivity contribution in [1.82, 2.24) is 21.3 Å². The molecule has 40 heavy (non-hydrogen) atoms. The largest absolute Gasteiger partial charge is 0.488 e. The second-order valence-corrected chi connectivity index (χ2v) is 9.72. The Labute approximate surface area is 248 Å². The first kappa shape index (κ1) is 35.0. The summed E-state index contributed by atoms with van der Waals surface area (Å²) in [6.07, 6.45) is 5.81. The zero-order valence-corrected chi connectivity index (χ0v) is 24.9. The van der Waals surface area contributed by atoms with E-state index in [9.17, 15) is 9.59 Å². The summed E-state index contributed by atoms with van der Waals surface area (Å²) in [5, 5.41) is 25.4. The second kappa shape index (κ2) is 21.8. The molecule has 0 saturated heterocycles. The Morgan fingerprint density at radius 1 is 0.650 bits per heavy atom. The number of amides is 2. The Morgan fingerprint density at radius 2 is 1.05 bits per heavy atom. The van der Waals surface area contributed by atoms with Gasteiger partial charge >= 0.3 is 0 Å². The number of carbonyl (C=O) groups is 2. The van der Waals surface area contributed by atoms with Crippen molar-refractivity contribution in [2.24, 2.45) is 11.5 Å². The van der Waals surface area contributed by atoms with Gasteiger partial charge in [-0.1, -0.05) is 12.8 Å². The van der Waals surface area contributed by atoms with Crippen LogP contribution in [0.15, 0.2) is 12.1 Å². The summed E-state index contributed by atoms with van der Waals surface area (Å²) in [5.41, 5.74) is 12.4. The van der Waals surface area contributed by atoms with E-state index in [0.717, 1.165) is 49.7 Å². The van der Waals surface area contributed by atoms with E-state index in [4.69, 9.17) is 31.8 Å². The molecule has 12 nitrogen and oxygen atoms in total. The number of rotatable bonds is 22. The first-order valence-corrected chi connectivity index (χ1v) is 14.9. The van der Waals surface area contributed by atoms with Gasteiger partial charge in [-0.2, -0.15) is 25.3 Å². The first-order valence-electron chi connectivity index (χ1n) is 13.6. The highest BCUT2D eigenvalue weighted by Gasteiger charge is 2.12. The van der Waals surface area contributed by atoms with E-state index < -0.39 is 0 Å². The molecule has 0 saturated carbocycles. The van der Waals surface area contributed by atoms with Gasteiger partial charge in [0, 0.05) is 37.4 Å². The molecule has 0 aliphatic rings. The van der Waals surface area contributed by atoms with Crippen LogP contribution in [0.1, 0.15) is 62.5 Å². The maximum absolute atomic E-state index is 12.1. The van der Waals surface area contributed by atoms with E-state index in [1.54, 1.807) is 0 Å². The summed E-state index contributed by atoms with van der Waals surface area (Å²) < 4.78 is 11.9. The summed E-state index contributed by atoms with van der Waals surface area (Å²) in [6, 6.07) is 3.76. The Hall–Kier alpha value is -3.00. The smallest absolute Gasteiger partial charge is 0.220 e. The van der Waals surface area contributed by atoms with Crippen molar-refractivity contribution in [3.05, 3.63) is 23.3 Å². The quantitative estimate of drug-likeness (QED) is 0.0411. The predicted molar refractivity (Wildman–Crippen MR) is 166 cm³/mol. The molecule has 0 atom stereocenters. The topological polar surface area (TPSA) is 200 Å². The summed E-state index contributed by atoms with van der Waals surface area (Å²) >= 11 is 8.81. The minimum Gasteiger partial charge on any atom is -0.488 e. The van der Waals surface area contributed by atoms with Gasteiger partial charge in [0.1, 0.15) is 13.2 Å². The summed E-state index contributed by atoms with van der Waals surface area (Å²) in [5.74, 6) is 1.98. The molecular formula is C26H46N8O4S2. The van der Waals surface area contributed by atoms with Crippen molar-refractivity contribution in [3.63, 3.8) is 0 Å². The number of ether oxygens (including phenoxy) is 2. The fraction of sp³-hybridized carbons (Fsp3) is 0.615. The number of hydrogen-bond donors (Lipinski definition) is 10. The van der Waals surface area contributed by atoms with Crippen molar-refractivity contribution in [2.45, 2.75) is 62.9 Å². The fourth-order valence-electron chi connectivity index (χ4n) is 3.66. The van der Waals surface area contributed by atoms with E-state index in [2.05, 4.69) is 46.5 Å². The van der Waals surface area contributed by atoms with E-state index in [1.807, 2.05) is 12.1 Å². The minimum absolute atomic E-state index is 0.0375. The highest BCUT2D eigenvalue weighted by atomic mass is 32.1. The lowest BCUT2D eigenvalue weighted by molar-refractivity contribution is -0.122. The van der Waals surface area contributed by atoms with Crippen LogP contribution in [-0.2, 0) is 21.1 Å². The summed E-state index contributed by atoms with van der Waals surface area (Å²) in [6.45, 7) is 2.52. The Kier molecular flexibility index (Phi) is 19.1. The van der Waals surface area contributed by atoms with Gasteiger partial charge < -0.3 is 42.2 Å². The Balaban J connectivity index is 2.41. The van der Waals surface area contributed by atoms with Crippen LogP contribution < -0.4 is 42.2 Å². The van der Waals surface area contributed by atoms with Gasteiger partial charge in [0.25, 0.3) is 0 Å². The van der Waals surface area contributed by atoms with Crippen LogP contribution in [-0.4, -0.2) is 63.1 Å². The normalized spacial score (nSPS) is 10.4. The number of carbonyl (C=O) groups excluding carboxylic acids is 2. The molecule has 226 valence electrons. The van der Waals surface area contributed by atoms with Gasteiger partial charge in [0.2, 0.25) is 11.8 Å². The second-order valence-electron chi connectivity index (χ2n) is 9.08. The van der Waals surface area contributed by atoms with Crippen LogP contribution in [0.3, 0.4) is 0 Å². The van der Waals surface area contributed by atoms with Crippen molar-refractivity contribution in [1.29, 1.82) is 10.8 Å². The molecule has 0 spiro atoms. The monoisotopic (exact) mass is 598 g/mol. The van der Waals surface area contributed by atoms with Gasteiger partial charge in [-0.3, -0.25) is 20.4 Å². The number of nitrogens with two attached hydrogens (primary N) is 2. The molecule has 0 aromatic heterocycles. The average Bonchev–Trinajstić information content (AvgIpc) is 2.92. The number of benzene rings is 1. The number of guanidine groups is 2. The number of thiol groups is 2. The van der Waals surface area contributed by atoms with Crippen LogP contribution in [0.4, 0.5) is 0 Å². The molecule has 14 heteroatoms. The number of unbranched alkanes of at least 4 members (excludes halogenated alkanes) is 4. The molecule has 0 radical (unpaired) electrons. The Bertz CT molecular complexity index is 863. The third-order valence-corrected chi connectivity index (χ3v) is 6.44. The lowest BCUT2D eigenvalue weighted by atomic mass is 10.1. The van der Waals surface area contributed by atoms with Crippen LogP contribution in [0.2, 0.25) is 0 Å². The molecule has 0 aliphatic carbocycles. The third-order valence-electron chi connectivity index (χ3n) is 5.76. The summed E-state index contributed by atoms with van der Waals surface area (Å²) in [7, 11) is 0. The standard InChI is InChI=1S/C26H46N8O4S2/c27-25(28)33-9-5-1-3-7-23(35)31-11-13-37-21-15-19(17-39)20(18-40)16-22(21)38-14-12-32-24(36)8-4-2-6-10-34-26(29)30/h15-16,39-40H,1-14,17-18H2,(H,31,35)(H,32,36)(H4,27,28,33)(H4,29,30,34). The molecule has 0 heterocycles. The fourth-order valence-corrected chi connectivity index (χ4v) is 4.25. The molecule has 1 aromatic rings. The lowest BCUT2D eigenvalue weighted by Crippen LogP contribution is -2.31. The molecule has 1 rings (SSSR count). The minimum atomic E-state index is -0.0428. The van der Waals surface area contributed by atoms with Gasteiger partial charge in [-0.05, 0) is 48.9 Å². The van der Waals surface area contributed by atoms with Gasteiger partial charge in [0.05, 0.1) is 13.1 Å². The van der Waals surface area contributed by atoms with Gasteiger partial charge in [0.15, 0.2) is 23.4 Å². The maximum atomic E-state index is 12.1. The molecular weight excluding hydrogens is 552 g/mol. The van der Waals surface area contributed by atoms with Gasteiger partial charge in [-0.25, -0.2) is 0 Å². The van der Waals surface area contributed by atoms with Crippen LogP contribution in [0.25, 0.3) is 0 Å². The zero-order chi connectivity index (χ0) is 29.6. The first-order chi connectivity index (χ1) is 19.3. The molecule has 2 amide bonds. The molecule has 10 N–H and O–H groups in total. The lowest BCUT2D eigenvalue weighted by Gasteiger charge is -2.17. The molecule has 0 aliphatic heterocycles. The number of nitrogens with one attached hydrogen (secondary N) is 6. The van der Waals surface area contributed by atoms with Crippen molar-refractivity contribution in [2.75, 3.05) is 39.4 Å². The van der Waals surface area contributed by atoms with E-state index in [-0.39, 0.29) is 36.9 Å². The van der Waals surface area contributed by atoms with E-state index >= 15 is 0 Å². The van der Waals surface area contributed by atoms with Crippen LogP contribution >= 0.6 is 25.3 Å². The van der Waals surface area contributed by atoms with Crippen molar-refractivity contribution in [3.8, 4) is 11.5 Å². The van der Waals surface area contributed by atoms with Gasteiger partial charge in [-0.15, -0.1) is 0 Å². The van der Waals surface area contributed by atoms with Crippen LogP contribution in [0.5, 0.6) is 11.5 Å². The van der Waals surface area contributed by atoms with E-state index in [1.165, 1.54) is 0 Å². The average molecular weight is 599 g/mol. The molecule has 0 unspecified atom stereocenters. The highest BCUT2D eigenvalue weighted by molar-refractivity contribution is 7.79. The Morgan fingerprint density at radius 3 is 1.40 bits per heavy atom. The summed E-state index contributed by atoms with van der Waals surface area (Å²) in [4.78, 5) is 24.2. The molecule has 0 bridgehead atoms. The predicted octanol–water partition coefficient (Wildman–Crippen LogP) is 1.62. The third kappa shape index (κ3) is 16.9. The van der Waals surface area contributed by atoms with E-state index in [0.29, 0.717) is 62.0 Å². The van der Waals surface area contributed by atoms with Crippen molar-refractivity contribution >= 4 is 49.0 Å². The zero-order valence-electron chi connectivity index (χ0n) is 23.2. The maximum Gasteiger partial charge on any atom is 0.220 e. The molecule has 0 fully saturated rings.